The highest BCUT2D eigenvalue weighted by Crippen LogP contribution is 1.97. The molecular formula is C12H18O2. The molecule has 0 saturated heterocycles. The second-order valence-corrected chi connectivity index (χ2v) is 3.00. The van der Waals surface area contributed by atoms with E-state index in [2.05, 4.69) is 13.5 Å². The zero-order valence-electron chi connectivity index (χ0n) is 8.95. The molecule has 0 spiro atoms. The van der Waals surface area contributed by atoms with Crippen LogP contribution in [0.15, 0.2) is 36.5 Å². The molecular weight excluding hydrogens is 176 g/mol. The molecule has 0 aromatic rings. The average molecular weight is 194 g/mol. The molecule has 0 aliphatic rings. The Morgan fingerprint density at radius 2 is 2.21 bits per heavy atom. The van der Waals surface area contributed by atoms with Crippen LogP contribution >= 0.6 is 0 Å². The molecule has 0 heterocycles. The first-order chi connectivity index (χ1) is 6.70. The lowest BCUT2D eigenvalue weighted by Crippen LogP contribution is -2.02. The number of carbonyl (C=O) groups is 1. The lowest BCUT2D eigenvalue weighted by molar-refractivity contribution is -0.137. The van der Waals surface area contributed by atoms with Crippen molar-refractivity contribution in [2.75, 3.05) is 6.61 Å². The number of allylic oxidation sites excluding steroid dienone is 4. The Morgan fingerprint density at radius 1 is 1.50 bits per heavy atom. The molecule has 78 valence electrons. The maximum atomic E-state index is 11.1. The summed E-state index contributed by atoms with van der Waals surface area (Å²) in [6.07, 6.45) is 8.70. The van der Waals surface area contributed by atoms with Crippen LogP contribution in [-0.2, 0) is 9.53 Å². The third kappa shape index (κ3) is 7.35. The quantitative estimate of drug-likeness (QED) is 0.281. The molecule has 0 aromatic heterocycles. The van der Waals surface area contributed by atoms with Crippen molar-refractivity contribution >= 4 is 5.97 Å². The van der Waals surface area contributed by atoms with Gasteiger partial charge in [0.15, 0.2) is 0 Å². The lowest BCUT2D eigenvalue weighted by Gasteiger charge is -1.99. The summed E-state index contributed by atoms with van der Waals surface area (Å²) >= 11 is 0. The van der Waals surface area contributed by atoms with E-state index < -0.39 is 0 Å². The zero-order valence-corrected chi connectivity index (χ0v) is 8.95. The van der Waals surface area contributed by atoms with Crippen LogP contribution < -0.4 is 0 Å². The number of ether oxygens (including phenoxy) is 1. The minimum atomic E-state index is -0.273. The van der Waals surface area contributed by atoms with Gasteiger partial charge in [0.05, 0.1) is 6.61 Å². The van der Waals surface area contributed by atoms with Crippen molar-refractivity contribution in [3.8, 4) is 0 Å². The number of hydrogen-bond acceptors (Lipinski definition) is 2. The largest absolute Gasteiger partial charge is 0.463 e. The Labute approximate surface area is 86.0 Å². The summed E-state index contributed by atoms with van der Waals surface area (Å²) in [5.41, 5.74) is 0.867. The predicted octanol–water partition coefficient (Wildman–Crippen LogP) is 3.02. The lowest BCUT2D eigenvalue weighted by atomic mass is 10.2. The van der Waals surface area contributed by atoms with Crippen molar-refractivity contribution in [2.24, 2.45) is 0 Å². The van der Waals surface area contributed by atoms with Gasteiger partial charge in [-0.25, -0.2) is 4.79 Å². The van der Waals surface area contributed by atoms with Gasteiger partial charge in [-0.1, -0.05) is 38.2 Å². The van der Waals surface area contributed by atoms with Crippen molar-refractivity contribution in [1.29, 1.82) is 0 Å². The Kier molecular flexibility index (Phi) is 7.52. The van der Waals surface area contributed by atoms with E-state index in [0.29, 0.717) is 6.61 Å². The molecule has 0 radical (unpaired) electrons. The molecule has 0 bridgehead atoms. The molecule has 0 aromatic carbocycles. The SMILES string of the molecule is C=CC=CC(C)=CC(=O)OCCCC. The summed E-state index contributed by atoms with van der Waals surface area (Å²) in [4.78, 5) is 11.1. The Bertz CT molecular complexity index is 237. The fourth-order valence-corrected chi connectivity index (χ4v) is 0.813. The van der Waals surface area contributed by atoms with Crippen molar-refractivity contribution < 1.29 is 9.53 Å². The van der Waals surface area contributed by atoms with Gasteiger partial charge in [-0.15, -0.1) is 0 Å². The Balaban J connectivity index is 3.89. The van der Waals surface area contributed by atoms with Gasteiger partial charge in [-0.2, -0.15) is 0 Å². The van der Waals surface area contributed by atoms with E-state index in [1.54, 1.807) is 12.2 Å². The summed E-state index contributed by atoms with van der Waals surface area (Å²) in [6, 6.07) is 0. The molecule has 0 saturated carbocycles. The van der Waals surface area contributed by atoms with Crippen LogP contribution in [0.2, 0.25) is 0 Å². The van der Waals surface area contributed by atoms with E-state index in [1.807, 2.05) is 13.0 Å². The van der Waals surface area contributed by atoms with Gasteiger partial charge in [0.25, 0.3) is 0 Å². The van der Waals surface area contributed by atoms with Crippen LogP contribution in [0.1, 0.15) is 26.7 Å². The number of unbranched alkanes of at least 4 members (excludes halogenated alkanes) is 1. The molecule has 2 heteroatoms. The van der Waals surface area contributed by atoms with Gasteiger partial charge in [-0.3, -0.25) is 0 Å². The number of hydrogen-bond donors (Lipinski definition) is 0. The highest BCUT2D eigenvalue weighted by Gasteiger charge is 1.96. The molecule has 0 aliphatic carbocycles. The third-order valence-electron chi connectivity index (χ3n) is 1.58. The van der Waals surface area contributed by atoms with Crippen molar-refractivity contribution in [2.45, 2.75) is 26.7 Å². The molecule has 2 nitrogen and oxygen atoms in total. The molecule has 0 rings (SSSR count). The molecule has 0 fully saturated rings. The first kappa shape index (κ1) is 12.7. The third-order valence-corrected chi connectivity index (χ3v) is 1.58. The fraction of sp³-hybridized carbons (Fsp3) is 0.417. The van der Waals surface area contributed by atoms with Gasteiger partial charge in [0.1, 0.15) is 0 Å². The highest BCUT2D eigenvalue weighted by atomic mass is 16.5. The van der Waals surface area contributed by atoms with E-state index in [4.69, 9.17) is 4.74 Å². The predicted molar refractivity (Wildman–Crippen MR) is 59.0 cm³/mol. The van der Waals surface area contributed by atoms with Crippen molar-refractivity contribution in [3.05, 3.63) is 36.5 Å². The van der Waals surface area contributed by atoms with Gasteiger partial charge >= 0.3 is 5.97 Å². The van der Waals surface area contributed by atoms with E-state index in [1.165, 1.54) is 6.08 Å². The summed E-state index contributed by atoms with van der Waals surface area (Å²) in [6.45, 7) is 7.95. The van der Waals surface area contributed by atoms with Gasteiger partial charge in [0.2, 0.25) is 0 Å². The van der Waals surface area contributed by atoms with Crippen molar-refractivity contribution in [3.63, 3.8) is 0 Å². The topological polar surface area (TPSA) is 26.3 Å². The first-order valence-electron chi connectivity index (χ1n) is 4.84. The van der Waals surface area contributed by atoms with E-state index >= 15 is 0 Å². The summed E-state index contributed by atoms with van der Waals surface area (Å²) in [5, 5.41) is 0. The van der Waals surface area contributed by atoms with Crippen LogP contribution in [0.3, 0.4) is 0 Å². The summed E-state index contributed by atoms with van der Waals surface area (Å²) < 4.78 is 4.96. The molecule has 0 N–H and O–H groups in total. The van der Waals surface area contributed by atoms with Gasteiger partial charge in [-0.05, 0) is 18.9 Å². The molecule has 0 atom stereocenters. The highest BCUT2D eigenvalue weighted by molar-refractivity contribution is 5.83. The van der Waals surface area contributed by atoms with Crippen LogP contribution in [-0.4, -0.2) is 12.6 Å². The summed E-state index contributed by atoms with van der Waals surface area (Å²) in [5.74, 6) is -0.273. The summed E-state index contributed by atoms with van der Waals surface area (Å²) in [7, 11) is 0. The Morgan fingerprint density at radius 3 is 2.79 bits per heavy atom. The second kappa shape index (κ2) is 8.30. The number of rotatable bonds is 6. The fourth-order valence-electron chi connectivity index (χ4n) is 0.813. The average Bonchev–Trinajstić information content (AvgIpc) is 2.15. The number of esters is 1. The first-order valence-corrected chi connectivity index (χ1v) is 4.84. The zero-order chi connectivity index (χ0) is 10.8. The Hall–Kier alpha value is -1.31. The molecule has 0 amide bonds. The molecule has 0 aliphatic heterocycles. The van der Waals surface area contributed by atoms with Crippen LogP contribution in [0.25, 0.3) is 0 Å². The maximum Gasteiger partial charge on any atom is 0.331 e. The normalized spacial score (nSPS) is 11.7. The maximum absolute atomic E-state index is 11.1. The number of carbonyl (C=O) groups excluding carboxylic acids is 1. The molecule has 14 heavy (non-hydrogen) atoms. The standard InChI is InChI=1S/C12H18O2/c1-4-6-8-11(3)10-12(13)14-9-7-5-2/h4,6,8,10H,1,5,7,9H2,2-3H3. The minimum absolute atomic E-state index is 0.273. The minimum Gasteiger partial charge on any atom is -0.463 e. The van der Waals surface area contributed by atoms with E-state index in [-0.39, 0.29) is 5.97 Å². The second-order valence-electron chi connectivity index (χ2n) is 3.00. The monoisotopic (exact) mass is 194 g/mol. The van der Waals surface area contributed by atoms with Crippen LogP contribution in [0.5, 0.6) is 0 Å². The van der Waals surface area contributed by atoms with E-state index in [9.17, 15) is 4.79 Å². The molecule has 0 unspecified atom stereocenters. The van der Waals surface area contributed by atoms with Crippen LogP contribution in [0, 0.1) is 0 Å². The van der Waals surface area contributed by atoms with Crippen LogP contribution in [0.4, 0.5) is 0 Å². The van der Waals surface area contributed by atoms with Gasteiger partial charge in [0, 0.05) is 6.08 Å². The van der Waals surface area contributed by atoms with Crippen molar-refractivity contribution in [1.82, 2.24) is 0 Å². The van der Waals surface area contributed by atoms with Gasteiger partial charge < -0.3 is 4.74 Å². The smallest absolute Gasteiger partial charge is 0.331 e. The van der Waals surface area contributed by atoms with E-state index in [0.717, 1.165) is 18.4 Å².